The van der Waals surface area contributed by atoms with E-state index in [1.807, 2.05) is 26.0 Å². The Morgan fingerprint density at radius 3 is 2.54 bits per heavy atom. The lowest BCUT2D eigenvalue weighted by atomic mass is 10.1. The summed E-state index contributed by atoms with van der Waals surface area (Å²) < 4.78 is 5.40. The van der Waals surface area contributed by atoms with Gasteiger partial charge >= 0.3 is 0 Å². The number of phenols is 2. The maximum atomic E-state index is 11.7. The molecule has 126 valence electrons. The van der Waals surface area contributed by atoms with Gasteiger partial charge < -0.3 is 14.9 Å². The van der Waals surface area contributed by atoms with Crippen LogP contribution >= 0.6 is 0 Å². The average Bonchev–Trinajstić information content (AvgIpc) is 2.51. The molecule has 0 aromatic heterocycles. The van der Waals surface area contributed by atoms with Crippen molar-refractivity contribution >= 4 is 12.1 Å². The van der Waals surface area contributed by atoms with Crippen molar-refractivity contribution in [2.75, 3.05) is 6.61 Å². The summed E-state index contributed by atoms with van der Waals surface area (Å²) in [5.41, 5.74) is 5.62. The normalized spacial score (nSPS) is 10.8. The number of hydrogen-bond acceptors (Lipinski definition) is 5. The third kappa shape index (κ3) is 4.49. The zero-order valence-electron chi connectivity index (χ0n) is 13.8. The molecular weight excluding hydrogens is 308 g/mol. The average molecular weight is 328 g/mol. The predicted molar refractivity (Wildman–Crippen MR) is 91.7 cm³/mol. The lowest BCUT2D eigenvalue weighted by Gasteiger charge is -2.07. The van der Waals surface area contributed by atoms with E-state index in [4.69, 9.17) is 4.74 Å². The molecule has 0 atom stereocenters. The highest BCUT2D eigenvalue weighted by Crippen LogP contribution is 2.25. The van der Waals surface area contributed by atoms with Crippen LogP contribution in [0.1, 0.15) is 22.3 Å². The van der Waals surface area contributed by atoms with Gasteiger partial charge in [-0.3, -0.25) is 4.79 Å². The van der Waals surface area contributed by atoms with E-state index in [-0.39, 0.29) is 18.1 Å². The summed E-state index contributed by atoms with van der Waals surface area (Å²) in [4.78, 5) is 11.7. The first kappa shape index (κ1) is 17.3. The van der Waals surface area contributed by atoms with E-state index in [1.165, 1.54) is 18.3 Å². The number of hydrogen-bond donors (Lipinski definition) is 3. The zero-order valence-corrected chi connectivity index (χ0v) is 13.8. The van der Waals surface area contributed by atoms with Gasteiger partial charge in [0.2, 0.25) is 0 Å². The van der Waals surface area contributed by atoms with Gasteiger partial charge in [0.05, 0.1) is 6.21 Å². The third-order valence-corrected chi connectivity index (χ3v) is 3.58. The van der Waals surface area contributed by atoms with E-state index in [0.717, 1.165) is 11.1 Å². The second-order valence-corrected chi connectivity index (χ2v) is 5.52. The van der Waals surface area contributed by atoms with Crippen LogP contribution in [0.3, 0.4) is 0 Å². The number of aryl methyl sites for hydroxylation is 3. The number of amides is 1. The second-order valence-electron chi connectivity index (χ2n) is 5.52. The van der Waals surface area contributed by atoms with Crippen LogP contribution in [-0.4, -0.2) is 28.9 Å². The molecule has 0 aliphatic rings. The molecule has 2 rings (SSSR count). The predicted octanol–water partition coefficient (Wildman–Crippen LogP) is 2.55. The van der Waals surface area contributed by atoms with Crippen LogP contribution in [0.5, 0.6) is 17.2 Å². The number of carbonyl (C=O) groups excluding carboxylic acids is 1. The summed E-state index contributed by atoms with van der Waals surface area (Å²) in [5, 5.41) is 22.9. The first-order chi connectivity index (χ1) is 11.4. The first-order valence-corrected chi connectivity index (χ1v) is 7.41. The number of nitrogens with one attached hydrogen (secondary N) is 1. The van der Waals surface area contributed by atoms with Crippen LogP contribution in [0.25, 0.3) is 0 Å². The highest BCUT2D eigenvalue weighted by atomic mass is 16.5. The number of aromatic hydroxyl groups is 2. The van der Waals surface area contributed by atoms with Gasteiger partial charge in [0.1, 0.15) is 17.2 Å². The number of benzene rings is 2. The maximum Gasteiger partial charge on any atom is 0.277 e. The highest BCUT2D eigenvalue weighted by Gasteiger charge is 2.06. The van der Waals surface area contributed by atoms with E-state index in [2.05, 4.69) is 10.5 Å². The monoisotopic (exact) mass is 328 g/mol. The van der Waals surface area contributed by atoms with Crippen molar-refractivity contribution in [3.05, 3.63) is 52.6 Å². The minimum Gasteiger partial charge on any atom is -0.508 e. The minimum absolute atomic E-state index is 0.0343. The molecule has 24 heavy (non-hydrogen) atoms. The molecule has 0 aliphatic heterocycles. The van der Waals surface area contributed by atoms with E-state index >= 15 is 0 Å². The number of phenolic OH excluding ortho intramolecular Hbond substituents is 2. The molecule has 0 saturated heterocycles. The summed E-state index contributed by atoms with van der Waals surface area (Å²) in [5.74, 6) is 0.0505. The molecule has 0 radical (unpaired) electrons. The van der Waals surface area contributed by atoms with Gasteiger partial charge in [-0.25, -0.2) is 5.43 Å². The SMILES string of the molecule is Cc1ccc(OCC(=O)N/N=C/c2c(C)cc(O)cc2O)cc1C. The molecule has 3 N–H and O–H groups in total. The largest absolute Gasteiger partial charge is 0.508 e. The fourth-order valence-corrected chi connectivity index (χ4v) is 2.08. The van der Waals surface area contributed by atoms with Crippen LogP contribution < -0.4 is 10.2 Å². The van der Waals surface area contributed by atoms with Crippen molar-refractivity contribution in [3.8, 4) is 17.2 Å². The quantitative estimate of drug-likeness (QED) is 0.581. The van der Waals surface area contributed by atoms with Gasteiger partial charge in [0, 0.05) is 11.6 Å². The maximum absolute atomic E-state index is 11.7. The number of hydrazone groups is 1. The van der Waals surface area contributed by atoms with Gasteiger partial charge in [-0.05, 0) is 55.7 Å². The van der Waals surface area contributed by atoms with Crippen LogP contribution in [-0.2, 0) is 4.79 Å². The Labute approximate surface area is 140 Å². The van der Waals surface area contributed by atoms with Gasteiger partial charge in [-0.15, -0.1) is 0 Å². The Balaban J connectivity index is 1.90. The van der Waals surface area contributed by atoms with Crippen LogP contribution in [0, 0.1) is 20.8 Å². The smallest absolute Gasteiger partial charge is 0.277 e. The molecule has 2 aromatic rings. The molecule has 0 unspecified atom stereocenters. The summed E-state index contributed by atoms with van der Waals surface area (Å²) in [6.07, 6.45) is 1.32. The van der Waals surface area contributed by atoms with Crippen molar-refractivity contribution in [2.24, 2.45) is 5.10 Å². The molecule has 0 saturated carbocycles. The van der Waals surface area contributed by atoms with E-state index in [1.54, 1.807) is 13.0 Å². The van der Waals surface area contributed by atoms with Crippen molar-refractivity contribution < 1.29 is 19.7 Å². The molecule has 2 aromatic carbocycles. The van der Waals surface area contributed by atoms with Crippen LogP contribution in [0.15, 0.2) is 35.4 Å². The summed E-state index contributed by atoms with van der Waals surface area (Å²) in [6.45, 7) is 5.52. The van der Waals surface area contributed by atoms with E-state index in [0.29, 0.717) is 16.9 Å². The highest BCUT2D eigenvalue weighted by molar-refractivity contribution is 5.87. The molecule has 0 aliphatic carbocycles. The number of rotatable bonds is 5. The number of ether oxygens (including phenoxy) is 1. The Kier molecular flexibility index (Phi) is 5.42. The summed E-state index contributed by atoms with van der Waals surface area (Å²) in [6, 6.07) is 8.29. The topological polar surface area (TPSA) is 91.2 Å². The van der Waals surface area contributed by atoms with Gasteiger partial charge in [-0.1, -0.05) is 6.07 Å². The lowest BCUT2D eigenvalue weighted by molar-refractivity contribution is -0.123. The van der Waals surface area contributed by atoms with Crippen molar-refractivity contribution in [3.63, 3.8) is 0 Å². The van der Waals surface area contributed by atoms with Crippen molar-refractivity contribution in [1.29, 1.82) is 0 Å². The third-order valence-electron chi connectivity index (χ3n) is 3.58. The summed E-state index contributed by atoms with van der Waals surface area (Å²) >= 11 is 0. The lowest BCUT2D eigenvalue weighted by Crippen LogP contribution is -2.24. The molecular formula is C18H20N2O4. The molecule has 1 amide bonds. The van der Waals surface area contributed by atoms with Gasteiger partial charge in [-0.2, -0.15) is 5.10 Å². The molecule has 0 fully saturated rings. The molecule has 0 heterocycles. The standard InChI is InChI=1S/C18H20N2O4/c1-11-4-5-15(7-12(11)2)24-10-18(23)20-19-9-16-13(3)6-14(21)8-17(16)22/h4-9,21-22H,10H2,1-3H3,(H,20,23)/b19-9+. The van der Waals surface area contributed by atoms with E-state index in [9.17, 15) is 15.0 Å². The Morgan fingerprint density at radius 1 is 1.12 bits per heavy atom. The zero-order chi connectivity index (χ0) is 17.7. The van der Waals surface area contributed by atoms with Gasteiger partial charge in [0.15, 0.2) is 6.61 Å². The molecule has 6 heteroatoms. The van der Waals surface area contributed by atoms with E-state index < -0.39 is 5.91 Å². The van der Waals surface area contributed by atoms with Crippen LogP contribution in [0.4, 0.5) is 0 Å². The Hall–Kier alpha value is -3.02. The first-order valence-electron chi connectivity index (χ1n) is 7.41. The minimum atomic E-state index is -0.416. The fraction of sp³-hybridized carbons (Fsp3) is 0.222. The Morgan fingerprint density at radius 2 is 1.88 bits per heavy atom. The number of carbonyl (C=O) groups is 1. The van der Waals surface area contributed by atoms with Crippen molar-refractivity contribution in [1.82, 2.24) is 5.43 Å². The second kappa shape index (κ2) is 7.50. The number of nitrogens with zero attached hydrogens (tertiary/aromatic N) is 1. The Bertz CT molecular complexity index is 762. The molecule has 0 bridgehead atoms. The summed E-state index contributed by atoms with van der Waals surface area (Å²) in [7, 11) is 0. The molecule has 6 nitrogen and oxygen atoms in total. The van der Waals surface area contributed by atoms with Crippen molar-refractivity contribution in [2.45, 2.75) is 20.8 Å². The van der Waals surface area contributed by atoms with Crippen LogP contribution in [0.2, 0.25) is 0 Å². The fourth-order valence-electron chi connectivity index (χ4n) is 2.08. The van der Waals surface area contributed by atoms with Gasteiger partial charge in [0.25, 0.3) is 5.91 Å². The molecule has 0 spiro atoms.